The summed E-state index contributed by atoms with van der Waals surface area (Å²) in [5.74, 6) is -4.10. The van der Waals surface area contributed by atoms with Crippen molar-refractivity contribution >= 4 is 34.9 Å². The van der Waals surface area contributed by atoms with Gasteiger partial charge in [0.2, 0.25) is 17.5 Å². The Morgan fingerprint density at radius 2 is 1.68 bits per heavy atom. The molecule has 0 radical (unpaired) electrons. The monoisotopic (exact) mass is 367 g/mol. The van der Waals surface area contributed by atoms with Crippen LogP contribution in [0.25, 0.3) is 0 Å². The van der Waals surface area contributed by atoms with E-state index in [0.717, 1.165) is 0 Å². The number of fused-ring (bicyclic) bond motifs is 2. The molecule has 2 bridgehead atoms. The van der Waals surface area contributed by atoms with Gasteiger partial charge in [-0.25, -0.2) is 0 Å². The van der Waals surface area contributed by atoms with Crippen molar-refractivity contribution in [3.8, 4) is 0 Å². The fourth-order valence-corrected chi connectivity index (χ4v) is 4.73. The lowest BCUT2D eigenvalue weighted by molar-refractivity contribution is -0.147. The van der Waals surface area contributed by atoms with Crippen LogP contribution in [0, 0.1) is 16.2 Å². The summed E-state index contributed by atoms with van der Waals surface area (Å²) in [6.45, 7) is 5.35. The van der Waals surface area contributed by atoms with Crippen molar-refractivity contribution in [1.29, 1.82) is 0 Å². The highest BCUT2D eigenvalue weighted by molar-refractivity contribution is 7.99. The average molecular weight is 367 g/mol. The molecule has 2 fully saturated rings. The SMILES string of the molecule is CC1(C)[C@@]2(C(=O)Nc3ccc(SC(F)F)cc3)CC[C@@]1(C)C(=O)C2=O. The van der Waals surface area contributed by atoms with Crippen LogP contribution in [-0.4, -0.2) is 23.2 Å². The van der Waals surface area contributed by atoms with Gasteiger partial charge in [-0.15, -0.1) is 0 Å². The molecule has 0 heterocycles. The van der Waals surface area contributed by atoms with Crippen molar-refractivity contribution in [1.82, 2.24) is 0 Å². The highest BCUT2D eigenvalue weighted by Crippen LogP contribution is 2.69. The van der Waals surface area contributed by atoms with Gasteiger partial charge in [0.1, 0.15) is 5.41 Å². The molecule has 1 amide bonds. The van der Waals surface area contributed by atoms with Crippen molar-refractivity contribution in [2.24, 2.45) is 16.2 Å². The summed E-state index contributed by atoms with van der Waals surface area (Å²) < 4.78 is 24.7. The van der Waals surface area contributed by atoms with Gasteiger partial charge < -0.3 is 5.32 Å². The van der Waals surface area contributed by atoms with Gasteiger partial charge in [-0.1, -0.05) is 32.5 Å². The molecule has 7 heteroatoms. The lowest BCUT2D eigenvalue weighted by atomic mass is 9.64. The third kappa shape index (κ3) is 2.28. The standard InChI is InChI=1S/C18H19F2NO3S/c1-16(2)17(3)8-9-18(16,13(23)12(17)22)14(24)21-10-4-6-11(7-5-10)25-15(19)20/h4-7,15H,8-9H2,1-3H3,(H,21,24)/t17-,18-/m0/s1. The zero-order valence-electron chi connectivity index (χ0n) is 14.2. The normalized spacial score (nSPS) is 30.2. The van der Waals surface area contributed by atoms with Gasteiger partial charge in [0.15, 0.2) is 0 Å². The maximum absolute atomic E-state index is 13.0. The van der Waals surface area contributed by atoms with Crippen molar-refractivity contribution in [3.63, 3.8) is 0 Å². The molecular formula is C18H19F2NO3S. The average Bonchev–Trinajstić information content (AvgIpc) is 2.81. The molecule has 25 heavy (non-hydrogen) atoms. The Morgan fingerprint density at radius 1 is 1.08 bits per heavy atom. The van der Waals surface area contributed by atoms with E-state index in [9.17, 15) is 23.2 Å². The van der Waals surface area contributed by atoms with E-state index in [1.807, 2.05) is 0 Å². The van der Waals surface area contributed by atoms with E-state index in [-0.39, 0.29) is 0 Å². The van der Waals surface area contributed by atoms with E-state index in [1.54, 1.807) is 20.8 Å². The lowest BCUT2D eigenvalue weighted by Crippen LogP contribution is -2.47. The molecule has 1 aromatic rings. The molecule has 2 atom stereocenters. The summed E-state index contributed by atoms with van der Waals surface area (Å²) in [4.78, 5) is 38.4. The number of halogens is 2. The first-order chi connectivity index (χ1) is 11.6. The van der Waals surface area contributed by atoms with Crippen molar-refractivity contribution in [2.75, 3.05) is 5.32 Å². The van der Waals surface area contributed by atoms with Gasteiger partial charge in [-0.3, -0.25) is 14.4 Å². The summed E-state index contributed by atoms with van der Waals surface area (Å²) in [7, 11) is 0. The topological polar surface area (TPSA) is 63.2 Å². The predicted octanol–water partition coefficient (Wildman–Crippen LogP) is 3.90. The number of carbonyl (C=O) groups excluding carboxylic acids is 3. The van der Waals surface area contributed by atoms with Gasteiger partial charge in [-0.2, -0.15) is 8.78 Å². The van der Waals surface area contributed by atoms with E-state index in [0.29, 0.717) is 35.2 Å². The van der Waals surface area contributed by atoms with Gasteiger partial charge in [-0.05, 0) is 42.5 Å². The van der Waals surface area contributed by atoms with Gasteiger partial charge >= 0.3 is 0 Å². The van der Waals surface area contributed by atoms with Crippen LogP contribution in [0.1, 0.15) is 33.6 Å². The first-order valence-electron chi connectivity index (χ1n) is 8.02. The fraction of sp³-hybridized carbons (Fsp3) is 0.500. The summed E-state index contributed by atoms with van der Waals surface area (Å²) >= 11 is 0.417. The van der Waals surface area contributed by atoms with E-state index in [4.69, 9.17) is 0 Å². The molecule has 0 spiro atoms. The highest BCUT2D eigenvalue weighted by Gasteiger charge is 2.77. The third-order valence-corrected chi connectivity index (χ3v) is 6.99. The molecule has 2 aliphatic carbocycles. The Hall–Kier alpha value is -1.76. The molecule has 0 saturated heterocycles. The van der Waals surface area contributed by atoms with E-state index < -0.39 is 39.5 Å². The Balaban J connectivity index is 1.86. The molecule has 1 N–H and O–H groups in total. The highest BCUT2D eigenvalue weighted by atomic mass is 32.2. The molecule has 0 aliphatic heterocycles. The van der Waals surface area contributed by atoms with Crippen LogP contribution in [-0.2, 0) is 14.4 Å². The number of nitrogens with one attached hydrogen (secondary N) is 1. The molecule has 134 valence electrons. The second kappa shape index (κ2) is 5.62. The number of ketones is 2. The van der Waals surface area contributed by atoms with Crippen molar-refractivity contribution < 1.29 is 23.2 Å². The smallest absolute Gasteiger partial charge is 0.288 e. The van der Waals surface area contributed by atoms with E-state index in [2.05, 4.69) is 5.32 Å². The number of benzene rings is 1. The Labute approximate surface area is 148 Å². The van der Waals surface area contributed by atoms with Crippen LogP contribution in [0.5, 0.6) is 0 Å². The Kier molecular flexibility index (Phi) is 4.06. The number of anilines is 1. The molecule has 2 aliphatic rings. The number of hydrogen-bond acceptors (Lipinski definition) is 4. The van der Waals surface area contributed by atoms with Crippen LogP contribution < -0.4 is 5.32 Å². The summed E-state index contributed by atoms with van der Waals surface area (Å²) in [5.41, 5.74) is -2.55. The largest absolute Gasteiger partial charge is 0.325 e. The molecule has 1 aromatic carbocycles. The minimum atomic E-state index is -2.52. The number of amides is 1. The Bertz CT molecular complexity index is 762. The molecule has 3 rings (SSSR count). The maximum Gasteiger partial charge on any atom is 0.288 e. The van der Waals surface area contributed by atoms with Gasteiger partial charge in [0.25, 0.3) is 5.76 Å². The van der Waals surface area contributed by atoms with Crippen LogP contribution in [0.2, 0.25) is 0 Å². The van der Waals surface area contributed by atoms with Crippen molar-refractivity contribution in [3.05, 3.63) is 24.3 Å². The first-order valence-corrected chi connectivity index (χ1v) is 8.90. The lowest BCUT2D eigenvalue weighted by Gasteiger charge is -2.37. The number of Topliss-reactive ketones (excluding diaryl/α,β-unsaturated/α-hetero) is 2. The maximum atomic E-state index is 13.0. The number of thioether (sulfide) groups is 1. The second-order valence-electron chi connectivity index (χ2n) is 7.38. The molecule has 2 saturated carbocycles. The van der Waals surface area contributed by atoms with E-state index in [1.165, 1.54) is 24.3 Å². The molecule has 0 aromatic heterocycles. The zero-order valence-corrected chi connectivity index (χ0v) is 15.0. The van der Waals surface area contributed by atoms with Crippen LogP contribution in [0.15, 0.2) is 29.2 Å². The van der Waals surface area contributed by atoms with Crippen LogP contribution in [0.3, 0.4) is 0 Å². The van der Waals surface area contributed by atoms with Crippen LogP contribution in [0.4, 0.5) is 14.5 Å². The number of alkyl halides is 2. The summed E-state index contributed by atoms with van der Waals surface area (Å²) in [5, 5.41) is 2.70. The minimum Gasteiger partial charge on any atom is -0.325 e. The van der Waals surface area contributed by atoms with Gasteiger partial charge in [0.05, 0.1) is 0 Å². The van der Waals surface area contributed by atoms with Crippen molar-refractivity contribution in [2.45, 2.75) is 44.3 Å². The predicted molar refractivity (Wildman–Crippen MR) is 90.5 cm³/mol. The van der Waals surface area contributed by atoms with Crippen LogP contribution >= 0.6 is 11.8 Å². The minimum absolute atomic E-state index is 0.340. The Morgan fingerprint density at radius 3 is 2.16 bits per heavy atom. The fourth-order valence-electron chi connectivity index (χ4n) is 4.23. The second-order valence-corrected chi connectivity index (χ2v) is 8.44. The number of carbonyl (C=O) groups is 3. The zero-order chi connectivity index (χ0) is 18.6. The third-order valence-electron chi connectivity index (χ3n) is 6.27. The quantitative estimate of drug-likeness (QED) is 0.498. The molecule has 0 unspecified atom stereocenters. The molecular weight excluding hydrogens is 348 g/mol. The molecule has 4 nitrogen and oxygen atoms in total. The van der Waals surface area contributed by atoms with Gasteiger partial charge in [0, 0.05) is 16.0 Å². The summed E-state index contributed by atoms with van der Waals surface area (Å²) in [6.07, 6.45) is 0.841. The number of rotatable bonds is 4. The summed E-state index contributed by atoms with van der Waals surface area (Å²) in [6, 6.07) is 5.99. The number of hydrogen-bond donors (Lipinski definition) is 1. The first kappa shape index (κ1) is 18.0. The van der Waals surface area contributed by atoms with E-state index >= 15 is 0 Å².